The number of anilines is 1. The summed E-state index contributed by atoms with van der Waals surface area (Å²) in [6.45, 7) is 7.45. The van der Waals surface area contributed by atoms with E-state index in [9.17, 15) is 18.0 Å². The molecule has 0 aliphatic carbocycles. The zero-order valence-corrected chi connectivity index (χ0v) is 25.3. The fourth-order valence-corrected chi connectivity index (χ4v) is 7.52. The van der Waals surface area contributed by atoms with Gasteiger partial charge in [-0.25, -0.2) is 8.42 Å². The van der Waals surface area contributed by atoms with E-state index in [1.165, 1.54) is 25.0 Å². The number of benzene rings is 2. The van der Waals surface area contributed by atoms with E-state index >= 15 is 0 Å². The van der Waals surface area contributed by atoms with Gasteiger partial charge in [0.25, 0.3) is 5.91 Å². The fourth-order valence-electron chi connectivity index (χ4n) is 5.40. The van der Waals surface area contributed by atoms with E-state index < -0.39 is 9.84 Å². The molecule has 3 aromatic rings. The van der Waals surface area contributed by atoms with Gasteiger partial charge in [0.1, 0.15) is 0 Å². The summed E-state index contributed by atoms with van der Waals surface area (Å²) in [5, 5.41) is 6.36. The Labute approximate surface area is 250 Å². The Kier molecular flexibility index (Phi) is 8.61. The van der Waals surface area contributed by atoms with Crippen LogP contribution in [-0.2, 0) is 31.6 Å². The van der Waals surface area contributed by atoms with Crippen LogP contribution in [0.2, 0.25) is 10.0 Å². The molecule has 2 aromatic carbocycles. The molecular weight excluding hydrogens is 583 g/mol. The van der Waals surface area contributed by atoms with E-state index in [2.05, 4.69) is 20.5 Å². The van der Waals surface area contributed by atoms with Crippen LogP contribution in [0.15, 0.2) is 41.3 Å². The third-order valence-corrected chi connectivity index (χ3v) is 10.1. The SMILES string of the molecule is Cc1[nH]c(C=C2C(=O)Nc3ccc(S(=O)(=O)Cc4c(Cl)cccc4Cl)cc32)c(C)c1CC(=O)NCCN1CCCC1. The Bertz CT molecular complexity index is 1640. The van der Waals surface area contributed by atoms with Crippen molar-refractivity contribution in [3.63, 3.8) is 0 Å². The highest BCUT2D eigenvalue weighted by atomic mass is 35.5. The summed E-state index contributed by atoms with van der Waals surface area (Å²) >= 11 is 12.4. The quantitative estimate of drug-likeness (QED) is 0.288. The van der Waals surface area contributed by atoms with Gasteiger partial charge in [0.2, 0.25) is 5.91 Å². The van der Waals surface area contributed by atoms with Gasteiger partial charge in [-0.05, 0) is 87.3 Å². The van der Waals surface area contributed by atoms with Crippen LogP contribution in [0.3, 0.4) is 0 Å². The molecule has 0 bridgehead atoms. The van der Waals surface area contributed by atoms with E-state index in [4.69, 9.17) is 23.2 Å². The maximum atomic E-state index is 13.3. The van der Waals surface area contributed by atoms with Crippen LogP contribution in [0.5, 0.6) is 0 Å². The maximum absolute atomic E-state index is 13.3. The fraction of sp³-hybridized carbons (Fsp3) is 0.333. The largest absolute Gasteiger partial charge is 0.359 e. The average molecular weight is 616 g/mol. The third-order valence-electron chi connectivity index (χ3n) is 7.74. The monoisotopic (exact) mass is 614 g/mol. The second kappa shape index (κ2) is 12.0. The van der Waals surface area contributed by atoms with E-state index in [-0.39, 0.29) is 38.9 Å². The molecule has 2 aliphatic heterocycles. The lowest BCUT2D eigenvalue weighted by Gasteiger charge is -2.14. The van der Waals surface area contributed by atoms with Crippen molar-refractivity contribution in [2.24, 2.45) is 0 Å². The molecule has 2 amide bonds. The molecule has 3 heterocycles. The summed E-state index contributed by atoms with van der Waals surface area (Å²) in [7, 11) is -3.82. The van der Waals surface area contributed by atoms with E-state index in [0.717, 1.165) is 36.5 Å². The highest BCUT2D eigenvalue weighted by Crippen LogP contribution is 2.37. The molecule has 5 rings (SSSR count). The molecule has 1 aromatic heterocycles. The number of sulfone groups is 1. The van der Waals surface area contributed by atoms with Crippen LogP contribution in [-0.4, -0.2) is 56.3 Å². The molecule has 2 aliphatic rings. The minimum Gasteiger partial charge on any atom is -0.359 e. The lowest BCUT2D eigenvalue weighted by atomic mass is 10.0. The number of hydrogen-bond acceptors (Lipinski definition) is 5. The standard InChI is InChI=1S/C30H32Cl2N4O4S/c1-18-21(16-29(37)33-10-13-36-11-3-4-12-36)19(2)34-28(18)15-23-22-14-20(8-9-27(22)35-30(23)38)41(39,40)17-24-25(31)6-5-7-26(24)32/h5-9,14-15,34H,3-4,10-13,16-17H2,1-2H3,(H,33,37)(H,35,38). The Morgan fingerprint density at radius 3 is 2.49 bits per heavy atom. The van der Waals surface area contributed by atoms with Crippen molar-refractivity contribution in [3.8, 4) is 0 Å². The highest BCUT2D eigenvalue weighted by molar-refractivity contribution is 7.90. The van der Waals surface area contributed by atoms with Crippen LogP contribution in [0.4, 0.5) is 5.69 Å². The summed E-state index contributed by atoms with van der Waals surface area (Å²) in [6.07, 6.45) is 4.36. The predicted octanol–water partition coefficient (Wildman–Crippen LogP) is 5.16. The number of aromatic nitrogens is 1. The molecule has 0 spiro atoms. The number of H-pyrrole nitrogens is 1. The van der Waals surface area contributed by atoms with Crippen molar-refractivity contribution in [2.45, 2.75) is 43.8 Å². The van der Waals surface area contributed by atoms with E-state index in [0.29, 0.717) is 34.6 Å². The molecule has 41 heavy (non-hydrogen) atoms. The predicted molar refractivity (Wildman–Crippen MR) is 163 cm³/mol. The second-order valence-corrected chi connectivity index (χ2v) is 13.3. The molecule has 0 atom stereocenters. The van der Waals surface area contributed by atoms with Gasteiger partial charge < -0.3 is 20.5 Å². The van der Waals surface area contributed by atoms with Gasteiger partial charge in [0, 0.05) is 51.3 Å². The van der Waals surface area contributed by atoms with Crippen molar-refractivity contribution in [1.29, 1.82) is 0 Å². The first-order valence-corrected chi connectivity index (χ1v) is 15.9. The van der Waals surface area contributed by atoms with Crippen molar-refractivity contribution in [2.75, 3.05) is 31.5 Å². The van der Waals surface area contributed by atoms with Crippen LogP contribution in [0, 0.1) is 13.8 Å². The number of rotatable bonds is 9. The third kappa shape index (κ3) is 6.38. The van der Waals surface area contributed by atoms with Crippen LogP contribution in [0.25, 0.3) is 11.6 Å². The minimum absolute atomic E-state index is 0.0500. The van der Waals surface area contributed by atoms with Gasteiger partial charge >= 0.3 is 0 Å². The first-order chi connectivity index (χ1) is 19.5. The number of nitrogens with one attached hydrogen (secondary N) is 3. The molecular formula is C30H32Cl2N4O4S. The summed E-state index contributed by atoms with van der Waals surface area (Å²) in [5.41, 5.74) is 4.94. The number of amides is 2. The van der Waals surface area contributed by atoms with Crippen molar-refractivity contribution >= 4 is 62.2 Å². The number of aryl methyl sites for hydroxylation is 1. The summed E-state index contributed by atoms with van der Waals surface area (Å²) in [4.78, 5) is 31.3. The van der Waals surface area contributed by atoms with Crippen molar-refractivity contribution < 1.29 is 18.0 Å². The van der Waals surface area contributed by atoms with Crippen LogP contribution >= 0.6 is 23.2 Å². The zero-order chi connectivity index (χ0) is 29.3. The van der Waals surface area contributed by atoms with Gasteiger partial charge in [-0.1, -0.05) is 29.3 Å². The molecule has 11 heteroatoms. The zero-order valence-electron chi connectivity index (χ0n) is 22.9. The van der Waals surface area contributed by atoms with Gasteiger partial charge in [0.15, 0.2) is 9.84 Å². The first kappa shape index (κ1) is 29.4. The van der Waals surface area contributed by atoms with E-state index in [1.54, 1.807) is 30.3 Å². The number of fused-ring (bicyclic) bond motifs is 1. The molecule has 0 radical (unpaired) electrons. The normalized spacial score (nSPS) is 16.3. The average Bonchev–Trinajstić information content (AvgIpc) is 3.62. The molecule has 1 fully saturated rings. The van der Waals surface area contributed by atoms with Gasteiger partial charge in [-0.15, -0.1) is 0 Å². The maximum Gasteiger partial charge on any atom is 0.256 e. The number of carbonyl (C=O) groups excluding carboxylic acids is 2. The van der Waals surface area contributed by atoms with Crippen molar-refractivity contribution in [1.82, 2.24) is 15.2 Å². The Balaban J connectivity index is 1.36. The Hall–Kier alpha value is -3.11. The molecule has 0 saturated carbocycles. The van der Waals surface area contributed by atoms with Gasteiger partial charge in [-0.2, -0.15) is 0 Å². The van der Waals surface area contributed by atoms with E-state index in [1.807, 2.05) is 13.8 Å². The number of aromatic amines is 1. The molecule has 3 N–H and O–H groups in total. The smallest absolute Gasteiger partial charge is 0.256 e. The molecule has 8 nitrogen and oxygen atoms in total. The second-order valence-electron chi connectivity index (χ2n) is 10.5. The summed E-state index contributed by atoms with van der Waals surface area (Å²) in [5.74, 6) is -0.758. The van der Waals surface area contributed by atoms with Gasteiger partial charge in [0.05, 0.1) is 22.6 Å². The first-order valence-electron chi connectivity index (χ1n) is 13.5. The topological polar surface area (TPSA) is 111 Å². The number of nitrogens with zero attached hydrogens (tertiary/aromatic N) is 1. The molecule has 1 saturated heterocycles. The minimum atomic E-state index is -3.82. The number of carbonyl (C=O) groups is 2. The highest BCUT2D eigenvalue weighted by Gasteiger charge is 2.28. The number of likely N-dealkylation sites (tertiary alicyclic amines) is 1. The van der Waals surface area contributed by atoms with Gasteiger partial charge in [-0.3, -0.25) is 9.59 Å². The Morgan fingerprint density at radius 2 is 1.78 bits per heavy atom. The van der Waals surface area contributed by atoms with Crippen LogP contribution < -0.4 is 10.6 Å². The van der Waals surface area contributed by atoms with Crippen LogP contribution in [0.1, 0.15) is 46.5 Å². The number of hydrogen-bond donors (Lipinski definition) is 3. The number of halogens is 2. The molecule has 0 unspecified atom stereocenters. The Morgan fingerprint density at radius 1 is 1.07 bits per heavy atom. The lowest BCUT2D eigenvalue weighted by Crippen LogP contribution is -2.34. The summed E-state index contributed by atoms with van der Waals surface area (Å²) < 4.78 is 26.6. The lowest BCUT2D eigenvalue weighted by molar-refractivity contribution is -0.120. The summed E-state index contributed by atoms with van der Waals surface area (Å²) in [6, 6.07) is 9.39. The van der Waals surface area contributed by atoms with Crippen molar-refractivity contribution in [3.05, 3.63) is 80.1 Å². The molecule has 216 valence electrons.